The average molecular weight is 264 g/mol. The monoisotopic (exact) mass is 264 g/mol. The standard InChI is InChI=1S/C14H24N4O/c1-5-15-13-10(2)14(17-11(3)16-13)18(4)12-6-8-19-9-7-12/h12H,5-9H2,1-4H3,(H,15,16,17). The minimum absolute atomic E-state index is 0.510. The highest BCUT2D eigenvalue weighted by atomic mass is 16.5. The zero-order valence-corrected chi connectivity index (χ0v) is 12.4. The van der Waals surface area contributed by atoms with Gasteiger partial charge < -0.3 is 15.0 Å². The van der Waals surface area contributed by atoms with Crippen LogP contribution in [0.25, 0.3) is 0 Å². The Morgan fingerprint density at radius 2 is 1.95 bits per heavy atom. The summed E-state index contributed by atoms with van der Waals surface area (Å²) in [7, 11) is 2.13. The summed E-state index contributed by atoms with van der Waals surface area (Å²) in [5, 5.41) is 3.31. The molecule has 2 heterocycles. The van der Waals surface area contributed by atoms with E-state index >= 15 is 0 Å². The Hall–Kier alpha value is -1.36. The van der Waals surface area contributed by atoms with Crippen LogP contribution in [-0.4, -0.2) is 42.8 Å². The number of rotatable bonds is 4. The van der Waals surface area contributed by atoms with Crippen LogP contribution in [-0.2, 0) is 4.74 Å². The third kappa shape index (κ3) is 3.15. The van der Waals surface area contributed by atoms with E-state index in [-0.39, 0.29) is 0 Å². The van der Waals surface area contributed by atoms with E-state index < -0.39 is 0 Å². The van der Waals surface area contributed by atoms with Gasteiger partial charge >= 0.3 is 0 Å². The molecule has 0 unspecified atom stereocenters. The largest absolute Gasteiger partial charge is 0.381 e. The molecule has 1 fully saturated rings. The van der Waals surface area contributed by atoms with Gasteiger partial charge in [0.15, 0.2) is 0 Å². The third-order valence-electron chi connectivity index (χ3n) is 3.65. The summed E-state index contributed by atoms with van der Waals surface area (Å²) < 4.78 is 5.43. The molecule has 106 valence electrons. The summed E-state index contributed by atoms with van der Waals surface area (Å²) in [6.45, 7) is 8.68. The van der Waals surface area contributed by atoms with Gasteiger partial charge in [0, 0.05) is 38.4 Å². The van der Waals surface area contributed by atoms with Crippen LogP contribution in [0.4, 0.5) is 11.6 Å². The number of aryl methyl sites for hydroxylation is 1. The number of hydrogen-bond acceptors (Lipinski definition) is 5. The Morgan fingerprint density at radius 3 is 2.58 bits per heavy atom. The van der Waals surface area contributed by atoms with Gasteiger partial charge in [-0.05, 0) is 33.6 Å². The van der Waals surface area contributed by atoms with Crippen molar-refractivity contribution in [2.45, 2.75) is 39.7 Å². The predicted octanol–water partition coefficient (Wildman–Crippen LogP) is 2.14. The fraction of sp³-hybridized carbons (Fsp3) is 0.714. The van der Waals surface area contributed by atoms with Crippen molar-refractivity contribution in [1.82, 2.24) is 9.97 Å². The number of aromatic nitrogens is 2. The Morgan fingerprint density at radius 1 is 1.26 bits per heavy atom. The van der Waals surface area contributed by atoms with Gasteiger partial charge in [-0.15, -0.1) is 0 Å². The third-order valence-corrected chi connectivity index (χ3v) is 3.65. The lowest BCUT2D eigenvalue weighted by Gasteiger charge is -2.33. The Bertz CT molecular complexity index is 430. The van der Waals surface area contributed by atoms with Gasteiger partial charge in [-0.2, -0.15) is 0 Å². The lowest BCUT2D eigenvalue weighted by atomic mass is 10.1. The topological polar surface area (TPSA) is 50.3 Å². The molecule has 0 bridgehead atoms. The van der Waals surface area contributed by atoms with Crippen LogP contribution in [0.15, 0.2) is 0 Å². The molecule has 1 aromatic heterocycles. The molecule has 5 nitrogen and oxygen atoms in total. The maximum atomic E-state index is 5.43. The van der Waals surface area contributed by atoms with E-state index in [4.69, 9.17) is 4.74 Å². The molecule has 1 aliphatic rings. The van der Waals surface area contributed by atoms with Crippen molar-refractivity contribution in [1.29, 1.82) is 0 Å². The van der Waals surface area contributed by atoms with Gasteiger partial charge in [-0.25, -0.2) is 9.97 Å². The van der Waals surface area contributed by atoms with Gasteiger partial charge in [0.2, 0.25) is 0 Å². The SMILES string of the molecule is CCNc1nc(C)nc(N(C)C2CCOCC2)c1C. The van der Waals surface area contributed by atoms with Crippen molar-refractivity contribution in [2.75, 3.05) is 37.0 Å². The highest BCUT2D eigenvalue weighted by molar-refractivity contribution is 5.58. The Kier molecular flexibility index (Phi) is 4.58. The van der Waals surface area contributed by atoms with Gasteiger partial charge in [0.05, 0.1) is 0 Å². The molecule has 0 saturated carbocycles. The van der Waals surface area contributed by atoms with Crippen LogP contribution in [0.3, 0.4) is 0 Å². The molecule has 0 atom stereocenters. The maximum Gasteiger partial charge on any atom is 0.137 e. The molecule has 0 amide bonds. The molecule has 1 aromatic rings. The first kappa shape index (κ1) is 14.1. The maximum absolute atomic E-state index is 5.43. The lowest BCUT2D eigenvalue weighted by Crippen LogP contribution is -2.37. The molecule has 19 heavy (non-hydrogen) atoms. The minimum Gasteiger partial charge on any atom is -0.381 e. The quantitative estimate of drug-likeness (QED) is 0.903. The number of ether oxygens (including phenoxy) is 1. The van der Waals surface area contributed by atoms with Crippen LogP contribution >= 0.6 is 0 Å². The zero-order chi connectivity index (χ0) is 13.8. The fourth-order valence-corrected chi connectivity index (χ4v) is 2.54. The molecule has 1 saturated heterocycles. The lowest BCUT2D eigenvalue weighted by molar-refractivity contribution is 0.0853. The molecule has 0 aliphatic carbocycles. The summed E-state index contributed by atoms with van der Waals surface area (Å²) in [5.41, 5.74) is 1.13. The van der Waals surface area contributed by atoms with Crippen molar-refractivity contribution in [3.05, 3.63) is 11.4 Å². The Balaban J connectivity index is 2.26. The van der Waals surface area contributed by atoms with E-state index in [2.05, 4.69) is 41.1 Å². The molecule has 1 N–H and O–H groups in total. The van der Waals surface area contributed by atoms with Crippen LogP contribution in [0, 0.1) is 13.8 Å². The zero-order valence-electron chi connectivity index (χ0n) is 12.4. The van der Waals surface area contributed by atoms with Crippen LogP contribution in [0.2, 0.25) is 0 Å². The molecule has 0 spiro atoms. The van der Waals surface area contributed by atoms with Gasteiger partial charge in [0.25, 0.3) is 0 Å². The molecule has 0 radical (unpaired) electrons. The second-order valence-electron chi connectivity index (χ2n) is 5.05. The summed E-state index contributed by atoms with van der Waals surface area (Å²) in [5.74, 6) is 2.80. The molecule has 0 aromatic carbocycles. The first-order valence-corrected chi connectivity index (χ1v) is 7.03. The Labute approximate surface area is 115 Å². The summed E-state index contributed by atoms with van der Waals surface area (Å²) in [4.78, 5) is 11.4. The summed E-state index contributed by atoms with van der Waals surface area (Å²) >= 11 is 0. The number of hydrogen-bond donors (Lipinski definition) is 1. The van der Waals surface area contributed by atoms with Crippen LogP contribution in [0.1, 0.15) is 31.2 Å². The van der Waals surface area contributed by atoms with Crippen LogP contribution < -0.4 is 10.2 Å². The number of nitrogens with zero attached hydrogens (tertiary/aromatic N) is 3. The summed E-state index contributed by atoms with van der Waals surface area (Å²) in [6.07, 6.45) is 2.13. The highest BCUT2D eigenvalue weighted by Gasteiger charge is 2.22. The molecule has 1 aliphatic heterocycles. The van der Waals surface area contributed by atoms with E-state index in [1.54, 1.807) is 0 Å². The van der Waals surface area contributed by atoms with E-state index in [0.717, 1.165) is 55.6 Å². The number of anilines is 2. The fourth-order valence-electron chi connectivity index (χ4n) is 2.54. The molecule has 5 heteroatoms. The normalized spacial score (nSPS) is 16.4. The second-order valence-corrected chi connectivity index (χ2v) is 5.05. The molecule has 2 rings (SSSR count). The van der Waals surface area contributed by atoms with Crippen molar-refractivity contribution in [2.24, 2.45) is 0 Å². The first-order valence-electron chi connectivity index (χ1n) is 7.03. The summed E-state index contributed by atoms with van der Waals surface area (Å²) in [6, 6.07) is 0.510. The van der Waals surface area contributed by atoms with Crippen LogP contribution in [0.5, 0.6) is 0 Å². The number of nitrogens with one attached hydrogen (secondary N) is 1. The first-order chi connectivity index (χ1) is 9.13. The average Bonchev–Trinajstić information content (AvgIpc) is 2.43. The highest BCUT2D eigenvalue weighted by Crippen LogP contribution is 2.26. The van der Waals surface area contributed by atoms with E-state index in [1.807, 2.05) is 6.92 Å². The van der Waals surface area contributed by atoms with E-state index in [1.165, 1.54) is 0 Å². The van der Waals surface area contributed by atoms with E-state index in [0.29, 0.717) is 6.04 Å². The van der Waals surface area contributed by atoms with Gasteiger partial charge in [-0.3, -0.25) is 0 Å². The van der Waals surface area contributed by atoms with E-state index in [9.17, 15) is 0 Å². The smallest absolute Gasteiger partial charge is 0.137 e. The molecular weight excluding hydrogens is 240 g/mol. The van der Waals surface area contributed by atoms with Gasteiger partial charge in [0.1, 0.15) is 17.5 Å². The minimum atomic E-state index is 0.510. The van der Waals surface area contributed by atoms with Crippen molar-refractivity contribution in [3.8, 4) is 0 Å². The second kappa shape index (κ2) is 6.19. The molecular formula is C14H24N4O. The van der Waals surface area contributed by atoms with Crippen molar-refractivity contribution >= 4 is 11.6 Å². The predicted molar refractivity (Wildman–Crippen MR) is 77.9 cm³/mol. The van der Waals surface area contributed by atoms with Crippen molar-refractivity contribution < 1.29 is 4.74 Å². The van der Waals surface area contributed by atoms with Gasteiger partial charge in [-0.1, -0.05) is 0 Å². The van der Waals surface area contributed by atoms with Crippen molar-refractivity contribution in [3.63, 3.8) is 0 Å².